The minimum absolute atomic E-state index is 0.195. The molecule has 1 aliphatic rings. The molecule has 0 radical (unpaired) electrons. The van der Waals surface area contributed by atoms with Gasteiger partial charge in [0, 0.05) is 23.9 Å². The molecule has 7 heteroatoms. The van der Waals surface area contributed by atoms with E-state index in [0.29, 0.717) is 5.56 Å². The lowest BCUT2D eigenvalue weighted by molar-refractivity contribution is 0.0955. The van der Waals surface area contributed by atoms with Crippen molar-refractivity contribution in [2.45, 2.75) is 23.8 Å². The van der Waals surface area contributed by atoms with Gasteiger partial charge in [0.25, 0.3) is 5.91 Å². The van der Waals surface area contributed by atoms with Crippen molar-refractivity contribution in [3.63, 3.8) is 0 Å². The molecular formula is C20H19N5OS. The molecule has 1 amide bonds. The molecular weight excluding hydrogens is 358 g/mol. The van der Waals surface area contributed by atoms with Crippen molar-refractivity contribution >= 4 is 23.4 Å². The van der Waals surface area contributed by atoms with Crippen LogP contribution >= 0.6 is 11.8 Å². The zero-order chi connectivity index (χ0) is 18.6. The molecule has 4 rings (SSSR count). The van der Waals surface area contributed by atoms with E-state index < -0.39 is 0 Å². The summed E-state index contributed by atoms with van der Waals surface area (Å²) >= 11 is 1.61. The number of hydrogen-bond donors (Lipinski definition) is 1. The summed E-state index contributed by atoms with van der Waals surface area (Å²) in [4.78, 5) is 12.4. The maximum atomic E-state index is 12.4. The van der Waals surface area contributed by atoms with Crippen LogP contribution in [0, 0.1) is 0 Å². The number of amides is 1. The molecule has 2 aromatic carbocycles. The van der Waals surface area contributed by atoms with Gasteiger partial charge in [-0.05, 0) is 36.1 Å². The number of hydrogen-bond acceptors (Lipinski definition) is 5. The molecule has 0 unspecified atom stereocenters. The summed E-state index contributed by atoms with van der Waals surface area (Å²) in [5, 5.41) is 13.1. The normalized spacial score (nSPS) is 14.3. The number of thioether (sulfide) groups is 1. The third-order valence-corrected chi connectivity index (χ3v) is 5.61. The van der Waals surface area contributed by atoms with Crippen molar-refractivity contribution in [3.8, 4) is 0 Å². The first-order valence-corrected chi connectivity index (χ1v) is 9.70. The minimum Gasteiger partial charge on any atom is -0.312 e. The Morgan fingerprint density at radius 2 is 2.00 bits per heavy atom. The lowest BCUT2D eigenvalue weighted by Crippen LogP contribution is -2.19. The molecule has 0 atom stereocenters. The molecule has 1 N–H and O–H groups in total. The van der Waals surface area contributed by atoms with Crippen LogP contribution in [-0.4, -0.2) is 26.4 Å². The number of rotatable bonds is 5. The van der Waals surface area contributed by atoms with Crippen LogP contribution in [0.3, 0.4) is 0 Å². The Morgan fingerprint density at radius 3 is 2.78 bits per heavy atom. The van der Waals surface area contributed by atoms with Crippen molar-refractivity contribution in [1.82, 2.24) is 20.2 Å². The number of nitrogens with zero attached hydrogens (tertiary/aromatic N) is 4. The van der Waals surface area contributed by atoms with E-state index in [1.54, 1.807) is 18.1 Å². The highest BCUT2D eigenvalue weighted by Crippen LogP contribution is 2.22. The van der Waals surface area contributed by atoms with Gasteiger partial charge in [0.1, 0.15) is 6.33 Å². The Hall–Kier alpha value is -2.93. The molecule has 6 nitrogen and oxygen atoms in total. The van der Waals surface area contributed by atoms with Gasteiger partial charge in [-0.3, -0.25) is 4.79 Å². The van der Waals surface area contributed by atoms with Crippen LogP contribution in [0.1, 0.15) is 33.5 Å². The fourth-order valence-electron chi connectivity index (χ4n) is 3.01. The van der Waals surface area contributed by atoms with Crippen LogP contribution in [0.15, 0.2) is 65.1 Å². The van der Waals surface area contributed by atoms with E-state index in [1.165, 1.54) is 5.56 Å². The number of aryl methyl sites for hydroxylation is 2. The van der Waals surface area contributed by atoms with Crippen LogP contribution in [-0.2, 0) is 19.2 Å². The van der Waals surface area contributed by atoms with E-state index in [4.69, 9.17) is 0 Å². The fraction of sp³-hybridized carbons (Fsp3) is 0.200. The molecule has 27 heavy (non-hydrogen) atoms. The molecule has 0 bridgehead atoms. The highest BCUT2D eigenvalue weighted by atomic mass is 32.2. The quantitative estimate of drug-likeness (QED) is 0.547. The van der Waals surface area contributed by atoms with Crippen molar-refractivity contribution in [1.29, 1.82) is 0 Å². The maximum absolute atomic E-state index is 12.4. The summed E-state index contributed by atoms with van der Waals surface area (Å²) in [7, 11) is 1.92. The highest BCUT2D eigenvalue weighted by molar-refractivity contribution is 7.98. The van der Waals surface area contributed by atoms with Crippen LogP contribution in [0.25, 0.3) is 0 Å². The maximum Gasteiger partial charge on any atom is 0.271 e. The van der Waals surface area contributed by atoms with Gasteiger partial charge >= 0.3 is 0 Å². The van der Waals surface area contributed by atoms with Crippen LogP contribution < -0.4 is 5.43 Å². The van der Waals surface area contributed by atoms with Crippen molar-refractivity contribution < 1.29 is 4.79 Å². The highest BCUT2D eigenvalue weighted by Gasteiger charge is 2.17. The van der Waals surface area contributed by atoms with Crippen molar-refractivity contribution in [3.05, 3.63) is 77.1 Å². The second-order valence-electron chi connectivity index (χ2n) is 6.37. The average Bonchev–Trinajstić information content (AvgIpc) is 3.31. The SMILES string of the molecule is Cn1cnnc1SCc1ccc(C(=O)N/N=C2/CCc3ccccc32)cc1. The van der Waals surface area contributed by atoms with Crippen LogP contribution in [0.5, 0.6) is 0 Å². The molecule has 0 saturated carbocycles. The summed E-state index contributed by atoms with van der Waals surface area (Å²) in [6.45, 7) is 0. The first-order chi connectivity index (χ1) is 13.2. The topological polar surface area (TPSA) is 72.2 Å². The molecule has 0 spiro atoms. The second kappa shape index (κ2) is 7.75. The lowest BCUT2D eigenvalue weighted by atomic mass is 10.1. The molecule has 1 aromatic heterocycles. The zero-order valence-electron chi connectivity index (χ0n) is 14.9. The Bertz CT molecular complexity index is 994. The van der Waals surface area contributed by atoms with E-state index in [9.17, 15) is 4.79 Å². The Labute approximate surface area is 161 Å². The Balaban J connectivity index is 1.37. The van der Waals surface area contributed by atoms with E-state index in [-0.39, 0.29) is 5.91 Å². The van der Waals surface area contributed by atoms with Crippen molar-refractivity contribution in [2.24, 2.45) is 12.1 Å². The second-order valence-corrected chi connectivity index (χ2v) is 7.31. The molecule has 3 aromatic rings. The summed E-state index contributed by atoms with van der Waals surface area (Å²) in [5.41, 5.74) is 7.76. The van der Waals surface area contributed by atoms with E-state index >= 15 is 0 Å². The first kappa shape index (κ1) is 17.5. The smallest absolute Gasteiger partial charge is 0.271 e. The third kappa shape index (κ3) is 3.93. The number of carbonyl (C=O) groups is 1. The average molecular weight is 377 g/mol. The van der Waals surface area contributed by atoms with Gasteiger partial charge in [-0.25, -0.2) is 5.43 Å². The standard InChI is InChI=1S/C20H19N5OS/c1-25-13-21-24-20(25)27-12-14-6-8-16(9-7-14)19(26)23-22-18-11-10-15-4-2-3-5-17(15)18/h2-9,13H,10-12H2,1H3,(H,23,26)/b22-18-. The summed E-state index contributed by atoms with van der Waals surface area (Å²) in [6.07, 6.45) is 3.51. The third-order valence-electron chi connectivity index (χ3n) is 4.51. The Morgan fingerprint density at radius 1 is 1.19 bits per heavy atom. The monoisotopic (exact) mass is 377 g/mol. The molecule has 0 fully saturated rings. The van der Waals surface area contributed by atoms with E-state index in [0.717, 1.165) is 40.6 Å². The molecule has 0 saturated heterocycles. The van der Waals surface area contributed by atoms with Crippen LogP contribution in [0.4, 0.5) is 0 Å². The number of benzene rings is 2. The molecule has 1 aliphatic carbocycles. The lowest BCUT2D eigenvalue weighted by Gasteiger charge is -2.05. The summed E-state index contributed by atoms with van der Waals surface area (Å²) in [5.74, 6) is 0.576. The van der Waals surface area contributed by atoms with Crippen LogP contribution in [0.2, 0.25) is 0 Å². The largest absolute Gasteiger partial charge is 0.312 e. The predicted molar refractivity (Wildman–Crippen MR) is 106 cm³/mol. The van der Waals surface area contributed by atoms with Gasteiger partial charge in [0.05, 0.1) is 5.71 Å². The Kier molecular flexibility index (Phi) is 5.02. The van der Waals surface area contributed by atoms with Gasteiger partial charge in [-0.15, -0.1) is 10.2 Å². The van der Waals surface area contributed by atoms with Gasteiger partial charge in [0.2, 0.25) is 0 Å². The van der Waals surface area contributed by atoms with E-state index in [2.05, 4.69) is 32.9 Å². The van der Waals surface area contributed by atoms with Gasteiger partial charge in [-0.1, -0.05) is 48.2 Å². The minimum atomic E-state index is -0.195. The molecule has 136 valence electrons. The van der Waals surface area contributed by atoms with Gasteiger partial charge in [0.15, 0.2) is 5.16 Å². The molecule has 1 heterocycles. The first-order valence-electron chi connectivity index (χ1n) is 8.71. The zero-order valence-corrected chi connectivity index (χ0v) is 15.7. The number of nitrogens with one attached hydrogen (secondary N) is 1. The predicted octanol–water partition coefficient (Wildman–Crippen LogP) is 3.19. The fourth-order valence-corrected chi connectivity index (χ4v) is 3.85. The number of hydrazone groups is 1. The summed E-state index contributed by atoms with van der Waals surface area (Å²) in [6, 6.07) is 15.8. The number of carbonyl (C=O) groups excluding carboxylic acids is 1. The van der Waals surface area contributed by atoms with E-state index in [1.807, 2.05) is 48.0 Å². The van der Waals surface area contributed by atoms with Gasteiger partial charge in [-0.2, -0.15) is 5.10 Å². The number of fused-ring (bicyclic) bond motifs is 1. The molecule has 0 aliphatic heterocycles. The van der Waals surface area contributed by atoms with Crippen molar-refractivity contribution in [2.75, 3.05) is 0 Å². The number of aromatic nitrogens is 3. The summed E-state index contributed by atoms with van der Waals surface area (Å²) < 4.78 is 1.88. The van der Waals surface area contributed by atoms with Gasteiger partial charge < -0.3 is 4.57 Å².